The number of ketones is 2. The molecule has 2 nitrogen and oxygen atoms in total. The first-order chi connectivity index (χ1) is 6.74. The average Bonchev–Trinajstić information content (AvgIpc) is 2.26. The van der Waals surface area contributed by atoms with Crippen molar-refractivity contribution in [3.05, 3.63) is 35.9 Å². The van der Waals surface area contributed by atoms with Gasteiger partial charge in [-0.3, -0.25) is 9.59 Å². The summed E-state index contributed by atoms with van der Waals surface area (Å²) in [5.74, 6) is 4.08. The van der Waals surface area contributed by atoms with Crippen LogP contribution in [0.25, 0.3) is 0 Å². The van der Waals surface area contributed by atoms with E-state index in [9.17, 15) is 9.59 Å². The van der Waals surface area contributed by atoms with Gasteiger partial charge >= 0.3 is 0 Å². The Hall–Kier alpha value is -1.88. The van der Waals surface area contributed by atoms with Crippen LogP contribution in [0.2, 0.25) is 0 Å². The van der Waals surface area contributed by atoms with Crippen LogP contribution in [0, 0.1) is 11.8 Å². The van der Waals surface area contributed by atoms with Crippen molar-refractivity contribution in [3.63, 3.8) is 0 Å². The first-order valence-electron chi connectivity index (χ1n) is 4.38. The zero-order valence-electron chi connectivity index (χ0n) is 7.91. The molecule has 0 unspecified atom stereocenters. The largest absolute Gasteiger partial charge is 0.285 e. The fourth-order valence-electron chi connectivity index (χ4n) is 0.877. The molecule has 0 saturated carbocycles. The van der Waals surface area contributed by atoms with Crippen LogP contribution in [0.5, 0.6) is 0 Å². The molecular weight excluding hydrogens is 176 g/mol. The van der Waals surface area contributed by atoms with E-state index >= 15 is 0 Å². The van der Waals surface area contributed by atoms with Gasteiger partial charge in [-0.05, 0) is 11.8 Å². The number of rotatable bonds is 2. The molecule has 14 heavy (non-hydrogen) atoms. The molecule has 1 aromatic rings. The van der Waals surface area contributed by atoms with E-state index in [-0.39, 0.29) is 11.6 Å². The number of benzene rings is 1. The van der Waals surface area contributed by atoms with Gasteiger partial charge in [0.1, 0.15) is 0 Å². The van der Waals surface area contributed by atoms with Crippen molar-refractivity contribution in [3.8, 4) is 11.8 Å². The molecule has 0 radical (unpaired) electrons. The quantitative estimate of drug-likeness (QED) is 0.401. The molecule has 2 heteroatoms. The molecule has 0 bridgehead atoms. The zero-order valence-corrected chi connectivity index (χ0v) is 7.91. The van der Waals surface area contributed by atoms with E-state index in [4.69, 9.17) is 0 Å². The molecule has 0 aliphatic heterocycles. The predicted molar refractivity (Wildman–Crippen MR) is 53.8 cm³/mol. The Morgan fingerprint density at radius 1 is 1.14 bits per heavy atom. The van der Waals surface area contributed by atoms with Crippen molar-refractivity contribution in [1.29, 1.82) is 0 Å². The van der Waals surface area contributed by atoms with E-state index in [1.807, 2.05) is 6.07 Å². The maximum absolute atomic E-state index is 11.3. The molecule has 0 atom stereocenters. The van der Waals surface area contributed by atoms with Crippen molar-refractivity contribution in [2.24, 2.45) is 0 Å². The number of carbonyl (C=O) groups excluding carboxylic acids is 2. The lowest BCUT2D eigenvalue weighted by Crippen LogP contribution is -1.96. The molecule has 0 aromatic heterocycles. The minimum atomic E-state index is -0.313. The molecule has 0 fully saturated rings. The van der Waals surface area contributed by atoms with Gasteiger partial charge in [0.05, 0.1) is 0 Å². The highest BCUT2D eigenvalue weighted by Gasteiger charge is 1.99. The Morgan fingerprint density at radius 3 is 2.36 bits per heavy atom. The molecular formula is C12H10O2. The van der Waals surface area contributed by atoms with E-state index in [0.29, 0.717) is 12.0 Å². The van der Waals surface area contributed by atoms with Gasteiger partial charge in [0.2, 0.25) is 11.6 Å². The highest BCUT2D eigenvalue weighted by molar-refractivity contribution is 6.12. The summed E-state index contributed by atoms with van der Waals surface area (Å²) in [4.78, 5) is 22.2. The van der Waals surface area contributed by atoms with E-state index in [1.165, 1.54) is 0 Å². The topological polar surface area (TPSA) is 34.1 Å². The predicted octanol–water partition coefficient (Wildman–Crippen LogP) is 1.85. The second kappa shape index (κ2) is 4.98. The molecule has 0 N–H and O–H groups in total. The third-order valence-electron chi connectivity index (χ3n) is 1.67. The lowest BCUT2D eigenvalue weighted by atomic mass is 10.1. The van der Waals surface area contributed by atoms with Gasteiger partial charge in [0.25, 0.3) is 0 Å². The molecule has 1 rings (SSSR count). The summed E-state index contributed by atoms with van der Waals surface area (Å²) in [5.41, 5.74) is 0.518. The minimum absolute atomic E-state index is 0.214. The summed E-state index contributed by atoms with van der Waals surface area (Å²) >= 11 is 0. The summed E-state index contributed by atoms with van der Waals surface area (Å²) in [6.45, 7) is 1.71. The Morgan fingerprint density at radius 2 is 1.79 bits per heavy atom. The smallest absolute Gasteiger partial charge is 0.236 e. The van der Waals surface area contributed by atoms with Crippen LogP contribution in [0.3, 0.4) is 0 Å². The zero-order chi connectivity index (χ0) is 10.4. The third kappa shape index (κ3) is 2.87. The Balaban J connectivity index is 2.77. The van der Waals surface area contributed by atoms with Crippen molar-refractivity contribution in [2.75, 3.05) is 0 Å². The van der Waals surface area contributed by atoms with Crippen LogP contribution in [0.4, 0.5) is 0 Å². The Labute approximate surface area is 82.9 Å². The van der Waals surface area contributed by atoms with Crippen LogP contribution < -0.4 is 0 Å². The third-order valence-corrected chi connectivity index (χ3v) is 1.67. The molecule has 0 heterocycles. The van der Waals surface area contributed by atoms with Gasteiger partial charge in [-0.25, -0.2) is 0 Å². The number of hydrogen-bond donors (Lipinski definition) is 0. The molecule has 0 aliphatic carbocycles. The monoisotopic (exact) mass is 186 g/mol. The van der Waals surface area contributed by atoms with Gasteiger partial charge < -0.3 is 0 Å². The van der Waals surface area contributed by atoms with E-state index in [1.54, 1.807) is 31.2 Å². The lowest BCUT2D eigenvalue weighted by molar-refractivity contribution is -0.113. The Kier molecular flexibility index (Phi) is 3.63. The fourth-order valence-corrected chi connectivity index (χ4v) is 0.877. The van der Waals surface area contributed by atoms with Crippen LogP contribution in [0.1, 0.15) is 23.7 Å². The molecule has 0 saturated heterocycles. The van der Waals surface area contributed by atoms with Crippen molar-refractivity contribution < 1.29 is 9.59 Å². The van der Waals surface area contributed by atoms with Gasteiger partial charge in [-0.2, -0.15) is 0 Å². The summed E-state index contributed by atoms with van der Waals surface area (Å²) in [5, 5.41) is 0. The van der Waals surface area contributed by atoms with Crippen LogP contribution in [-0.2, 0) is 4.79 Å². The van der Waals surface area contributed by atoms with Crippen LogP contribution in [0.15, 0.2) is 30.3 Å². The average molecular weight is 186 g/mol. The first kappa shape index (κ1) is 10.2. The maximum atomic E-state index is 11.3. The van der Waals surface area contributed by atoms with Gasteiger partial charge in [-0.1, -0.05) is 37.3 Å². The van der Waals surface area contributed by atoms with Crippen LogP contribution >= 0.6 is 0 Å². The van der Waals surface area contributed by atoms with Gasteiger partial charge in [0.15, 0.2) is 0 Å². The SMILES string of the molecule is CCC(=O)C#CC(=O)c1ccccc1. The molecule has 0 spiro atoms. The van der Waals surface area contributed by atoms with Crippen molar-refractivity contribution in [2.45, 2.75) is 13.3 Å². The van der Waals surface area contributed by atoms with Crippen LogP contribution in [-0.4, -0.2) is 11.6 Å². The summed E-state index contributed by atoms with van der Waals surface area (Å²) < 4.78 is 0. The normalized spacial score (nSPS) is 8.64. The molecule has 70 valence electrons. The summed E-state index contributed by atoms with van der Waals surface area (Å²) in [7, 11) is 0. The second-order valence-corrected chi connectivity index (χ2v) is 2.72. The van der Waals surface area contributed by atoms with Gasteiger partial charge in [0, 0.05) is 12.0 Å². The lowest BCUT2D eigenvalue weighted by Gasteiger charge is -1.90. The van der Waals surface area contributed by atoms with Crippen molar-refractivity contribution >= 4 is 11.6 Å². The van der Waals surface area contributed by atoms with E-state index < -0.39 is 0 Å². The molecule has 0 aliphatic rings. The summed E-state index contributed by atoms with van der Waals surface area (Å²) in [6.07, 6.45) is 0.342. The first-order valence-corrected chi connectivity index (χ1v) is 4.38. The number of carbonyl (C=O) groups is 2. The number of hydrogen-bond acceptors (Lipinski definition) is 2. The van der Waals surface area contributed by atoms with Gasteiger partial charge in [-0.15, -0.1) is 0 Å². The number of Topliss-reactive ketones (excluding diaryl/α,β-unsaturated/α-hetero) is 2. The Bertz CT molecular complexity index is 393. The van der Waals surface area contributed by atoms with E-state index in [2.05, 4.69) is 11.8 Å². The maximum Gasteiger partial charge on any atom is 0.236 e. The molecule has 1 aromatic carbocycles. The van der Waals surface area contributed by atoms with Crippen molar-refractivity contribution in [1.82, 2.24) is 0 Å². The highest BCUT2D eigenvalue weighted by Crippen LogP contribution is 1.98. The fraction of sp³-hybridized carbons (Fsp3) is 0.167. The van der Waals surface area contributed by atoms with E-state index in [0.717, 1.165) is 0 Å². The highest BCUT2D eigenvalue weighted by atomic mass is 16.1. The molecule has 0 amide bonds. The minimum Gasteiger partial charge on any atom is -0.285 e. The summed E-state index contributed by atoms with van der Waals surface area (Å²) in [6, 6.07) is 8.69. The second-order valence-electron chi connectivity index (χ2n) is 2.72. The standard InChI is InChI=1S/C12H10O2/c1-2-11(13)8-9-12(14)10-6-4-3-5-7-10/h3-7H,2H2,1H3.